The Labute approximate surface area is 172 Å². The molecule has 2 saturated heterocycles. The summed E-state index contributed by atoms with van der Waals surface area (Å²) in [5.74, 6) is 0.647. The van der Waals surface area contributed by atoms with E-state index in [4.69, 9.17) is 0 Å². The van der Waals surface area contributed by atoms with Crippen molar-refractivity contribution in [2.75, 3.05) is 32.7 Å². The second kappa shape index (κ2) is 8.17. The lowest BCUT2D eigenvalue weighted by Gasteiger charge is -2.32. The first-order valence-electron chi connectivity index (χ1n) is 10.8. The fourth-order valence-electron chi connectivity index (χ4n) is 5.16. The number of carbonyl (C=O) groups excluding carboxylic acids is 3. The Morgan fingerprint density at radius 3 is 2.41 bits per heavy atom. The van der Waals surface area contributed by atoms with Gasteiger partial charge in [-0.15, -0.1) is 0 Å². The SMILES string of the molecule is CC(=O)NCC(=O)N1C[C@H]2CN(C(=O)C3CCC3)C[C@@]2(CCc2ccccc2)C1. The molecule has 2 atom stereocenters. The Balaban J connectivity index is 1.46. The van der Waals surface area contributed by atoms with Gasteiger partial charge in [-0.1, -0.05) is 36.8 Å². The van der Waals surface area contributed by atoms with Gasteiger partial charge in [-0.25, -0.2) is 0 Å². The van der Waals surface area contributed by atoms with E-state index in [9.17, 15) is 14.4 Å². The number of carbonyl (C=O) groups is 3. The Bertz CT molecular complexity index is 777. The van der Waals surface area contributed by atoms with E-state index in [2.05, 4.69) is 34.5 Å². The minimum absolute atomic E-state index is 0.0226. The van der Waals surface area contributed by atoms with Crippen molar-refractivity contribution in [1.82, 2.24) is 15.1 Å². The monoisotopic (exact) mass is 397 g/mol. The molecule has 3 aliphatic rings. The summed E-state index contributed by atoms with van der Waals surface area (Å²) in [6.07, 6.45) is 5.14. The van der Waals surface area contributed by atoms with Crippen molar-refractivity contribution in [3.63, 3.8) is 0 Å². The molecule has 4 rings (SSSR count). The van der Waals surface area contributed by atoms with E-state index >= 15 is 0 Å². The van der Waals surface area contributed by atoms with E-state index in [0.717, 1.165) is 45.2 Å². The van der Waals surface area contributed by atoms with E-state index in [1.54, 1.807) is 0 Å². The smallest absolute Gasteiger partial charge is 0.241 e. The molecule has 156 valence electrons. The molecule has 1 N–H and O–H groups in total. The van der Waals surface area contributed by atoms with Gasteiger partial charge in [-0.3, -0.25) is 14.4 Å². The first-order valence-corrected chi connectivity index (χ1v) is 10.8. The molecule has 1 saturated carbocycles. The highest BCUT2D eigenvalue weighted by Gasteiger charge is 2.54. The molecule has 0 bridgehead atoms. The van der Waals surface area contributed by atoms with E-state index in [1.807, 2.05) is 11.0 Å². The molecule has 29 heavy (non-hydrogen) atoms. The number of nitrogens with one attached hydrogen (secondary N) is 1. The van der Waals surface area contributed by atoms with Crippen molar-refractivity contribution in [3.8, 4) is 0 Å². The van der Waals surface area contributed by atoms with Gasteiger partial charge >= 0.3 is 0 Å². The summed E-state index contributed by atoms with van der Waals surface area (Å²) >= 11 is 0. The summed E-state index contributed by atoms with van der Waals surface area (Å²) < 4.78 is 0. The molecular formula is C23H31N3O3. The van der Waals surface area contributed by atoms with Gasteiger partial charge in [-0.05, 0) is 31.2 Å². The van der Waals surface area contributed by atoms with Crippen LogP contribution in [0.2, 0.25) is 0 Å². The molecule has 1 aromatic carbocycles. The van der Waals surface area contributed by atoms with Crippen LogP contribution in [0.15, 0.2) is 30.3 Å². The maximum atomic E-state index is 12.9. The number of amides is 3. The zero-order valence-electron chi connectivity index (χ0n) is 17.2. The highest BCUT2D eigenvalue weighted by atomic mass is 16.2. The van der Waals surface area contributed by atoms with Gasteiger partial charge in [0.05, 0.1) is 6.54 Å². The number of likely N-dealkylation sites (tertiary alicyclic amines) is 2. The molecule has 0 unspecified atom stereocenters. The summed E-state index contributed by atoms with van der Waals surface area (Å²) in [6.45, 7) is 4.36. The number of hydrogen-bond donors (Lipinski definition) is 1. The van der Waals surface area contributed by atoms with E-state index in [-0.39, 0.29) is 29.7 Å². The van der Waals surface area contributed by atoms with Crippen LogP contribution >= 0.6 is 0 Å². The Hall–Kier alpha value is -2.37. The van der Waals surface area contributed by atoms with Crippen molar-refractivity contribution in [1.29, 1.82) is 0 Å². The summed E-state index contributed by atoms with van der Waals surface area (Å²) in [7, 11) is 0. The summed E-state index contributed by atoms with van der Waals surface area (Å²) in [4.78, 5) is 40.6. The third-order valence-electron chi connectivity index (χ3n) is 7.12. The molecule has 0 radical (unpaired) electrons. The second-order valence-corrected chi connectivity index (χ2v) is 9.08. The number of aryl methyl sites for hydroxylation is 1. The number of nitrogens with zero attached hydrogens (tertiary/aromatic N) is 2. The highest BCUT2D eigenvalue weighted by molar-refractivity contribution is 5.84. The van der Waals surface area contributed by atoms with E-state index in [0.29, 0.717) is 24.9 Å². The van der Waals surface area contributed by atoms with Gasteiger partial charge in [0, 0.05) is 50.4 Å². The summed E-state index contributed by atoms with van der Waals surface area (Å²) in [5.41, 5.74) is 1.26. The van der Waals surface area contributed by atoms with Gasteiger partial charge in [0.25, 0.3) is 0 Å². The van der Waals surface area contributed by atoms with Gasteiger partial charge in [0.1, 0.15) is 0 Å². The van der Waals surface area contributed by atoms with Crippen LogP contribution < -0.4 is 5.32 Å². The first-order chi connectivity index (χ1) is 14.0. The van der Waals surface area contributed by atoms with E-state index in [1.165, 1.54) is 12.5 Å². The first kappa shape index (κ1) is 19.9. The maximum absolute atomic E-state index is 12.9. The minimum atomic E-state index is -0.186. The predicted octanol–water partition coefficient (Wildman–Crippen LogP) is 1.84. The fraction of sp³-hybridized carbons (Fsp3) is 0.609. The second-order valence-electron chi connectivity index (χ2n) is 9.08. The lowest BCUT2D eigenvalue weighted by molar-refractivity contribution is -0.138. The summed E-state index contributed by atoms with van der Waals surface area (Å²) in [6, 6.07) is 10.4. The zero-order valence-corrected chi connectivity index (χ0v) is 17.2. The standard InChI is InChI=1S/C23H31N3O3/c1-17(27)24-12-21(28)25-13-20-14-26(22(29)19-8-5-9-19)16-23(20,15-25)11-10-18-6-3-2-4-7-18/h2-4,6-7,19-20H,5,8-16H2,1H3,(H,24,27)/t20-,23+/m0/s1. The van der Waals surface area contributed by atoms with Crippen LogP contribution in [0, 0.1) is 17.3 Å². The van der Waals surface area contributed by atoms with Crippen LogP contribution in [0.5, 0.6) is 0 Å². The molecule has 1 aromatic rings. The van der Waals surface area contributed by atoms with Crippen molar-refractivity contribution in [3.05, 3.63) is 35.9 Å². The number of hydrogen-bond acceptors (Lipinski definition) is 3. The van der Waals surface area contributed by atoms with Gasteiger partial charge in [-0.2, -0.15) is 0 Å². The third-order valence-corrected chi connectivity index (χ3v) is 7.12. The molecule has 3 fully saturated rings. The summed E-state index contributed by atoms with van der Waals surface area (Å²) in [5, 5.41) is 2.62. The molecule has 2 aliphatic heterocycles. The van der Waals surface area contributed by atoms with Crippen molar-refractivity contribution in [2.24, 2.45) is 17.3 Å². The van der Waals surface area contributed by atoms with Crippen molar-refractivity contribution >= 4 is 17.7 Å². The molecule has 2 heterocycles. The van der Waals surface area contributed by atoms with Crippen LogP contribution in [0.3, 0.4) is 0 Å². The minimum Gasteiger partial charge on any atom is -0.347 e. The predicted molar refractivity (Wildman–Crippen MR) is 110 cm³/mol. The van der Waals surface area contributed by atoms with Crippen LogP contribution in [-0.4, -0.2) is 60.2 Å². The Morgan fingerprint density at radius 2 is 1.76 bits per heavy atom. The van der Waals surface area contributed by atoms with Crippen LogP contribution in [-0.2, 0) is 20.8 Å². The molecular weight excluding hydrogens is 366 g/mol. The maximum Gasteiger partial charge on any atom is 0.241 e. The average molecular weight is 398 g/mol. The van der Waals surface area contributed by atoms with Crippen LogP contribution in [0.1, 0.15) is 38.2 Å². The lowest BCUT2D eigenvalue weighted by Crippen LogP contribution is -2.44. The number of rotatable bonds is 6. The highest BCUT2D eigenvalue weighted by Crippen LogP contribution is 2.47. The van der Waals surface area contributed by atoms with Crippen molar-refractivity contribution in [2.45, 2.75) is 39.0 Å². The topological polar surface area (TPSA) is 69.7 Å². The molecule has 0 spiro atoms. The molecule has 6 nitrogen and oxygen atoms in total. The number of fused-ring (bicyclic) bond motifs is 1. The molecule has 3 amide bonds. The Morgan fingerprint density at radius 1 is 1.07 bits per heavy atom. The average Bonchev–Trinajstić information content (AvgIpc) is 3.18. The van der Waals surface area contributed by atoms with Gasteiger partial charge in [0.2, 0.25) is 17.7 Å². The zero-order chi connectivity index (χ0) is 20.4. The number of benzene rings is 1. The quantitative estimate of drug-likeness (QED) is 0.796. The largest absolute Gasteiger partial charge is 0.347 e. The Kier molecular flexibility index (Phi) is 5.61. The van der Waals surface area contributed by atoms with Gasteiger partial charge < -0.3 is 15.1 Å². The van der Waals surface area contributed by atoms with E-state index < -0.39 is 0 Å². The normalized spacial score (nSPS) is 26.2. The van der Waals surface area contributed by atoms with Crippen molar-refractivity contribution < 1.29 is 14.4 Å². The van der Waals surface area contributed by atoms with Crippen LogP contribution in [0.25, 0.3) is 0 Å². The third kappa shape index (κ3) is 4.16. The molecule has 6 heteroatoms. The fourth-order valence-corrected chi connectivity index (χ4v) is 5.16. The van der Waals surface area contributed by atoms with Crippen LogP contribution in [0.4, 0.5) is 0 Å². The van der Waals surface area contributed by atoms with Gasteiger partial charge in [0.15, 0.2) is 0 Å². The molecule has 0 aromatic heterocycles. The molecule has 1 aliphatic carbocycles. The lowest BCUT2D eigenvalue weighted by atomic mass is 9.76.